The Morgan fingerprint density at radius 1 is 1.07 bits per heavy atom. The van der Waals surface area contributed by atoms with Crippen molar-refractivity contribution in [3.63, 3.8) is 0 Å². The molecule has 2 fully saturated rings. The van der Waals surface area contributed by atoms with Gasteiger partial charge in [-0.1, -0.05) is 6.07 Å². The molecule has 2 atom stereocenters. The Morgan fingerprint density at radius 2 is 1.73 bits per heavy atom. The van der Waals surface area contributed by atoms with E-state index in [9.17, 15) is 40.4 Å². The zero-order chi connectivity index (χ0) is 28.9. The number of benzene rings is 2. The third kappa shape index (κ3) is 4.90. The average molecular weight is 578 g/mol. The summed E-state index contributed by atoms with van der Waals surface area (Å²) in [7, 11) is -4.30. The highest BCUT2D eigenvalue weighted by atomic mass is 32.2. The van der Waals surface area contributed by atoms with E-state index in [2.05, 4.69) is 21.4 Å². The molecule has 1 saturated carbocycles. The molecular weight excluding hydrogens is 557 g/mol. The van der Waals surface area contributed by atoms with Gasteiger partial charge in [0.2, 0.25) is 21.8 Å². The monoisotopic (exact) mass is 577 g/mol. The lowest BCUT2D eigenvalue weighted by Gasteiger charge is -2.29. The van der Waals surface area contributed by atoms with E-state index >= 15 is 0 Å². The number of rotatable bonds is 6. The third-order valence-electron chi connectivity index (χ3n) is 7.16. The Kier molecular flexibility index (Phi) is 6.83. The fourth-order valence-corrected chi connectivity index (χ4v) is 7.04. The van der Waals surface area contributed by atoms with Crippen molar-refractivity contribution in [1.29, 1.82) is 5.26 Å². The van der Waals surface area contributed by atoms with Gasteiger partial charge in [-0.3, -0.25) is 4.79 Å². The molecule has 2 aliphatic rings. The molecule has 208 valence electrons. The van der Waals surface area contributed by atoms with Crippen molar-refractivity contribution in [3.05, 3.63) is 77.9 Å². The van der Waals surface area contributed by atoms with E-state index in [1.54, 1.807) is 0 Å². The second kappa shape index (κ2) is 9.90. The van der Waals surface area contributed by atoms with Crippen LogP contribution >= 0.6 is 0 Å². The molecule has 3 aromatic rings. The van der Waals surface area contributed by atoms with Crippen LogP contribution in [0.2, 0.25) is 0 Å². The number of carbonyl (C=O) groups excluding carboxylic acids is 1. The van der Waals surface area contributed by atoms with E-state index < -0.39 is 57.1 Å². The summed E-state index contributed by atoms with van der Waals surface area (Å²) in [5, 5.41) is 12.2. The summed E-state index contributed by atoms with van der Waals surface area (Å²) in [5.74, 6) is -4.19. The number of nitriles is 1. The SMILES string of the molecule is N#C[C@@H]1C[C@@H](C(=O)NCc2cc(-c3cnc(C(F)(F)F)nc3)ccc2F)N(S(=O)(=O)c2ccc(F)cc2)C12CC2. The van der Waals surface area contributed by atoms with Crippen molar-refractivity contribution in [3.8, 4) is 17.2 Å². The smallest absolute Gasteiger partial charge is 0.351 e. The minimum Gasteiger partial charge on any atom is -0.351 e. The molecule has 1 aromatic heterocycles. The molecular formula is C26H20F5N5O3S. The van der Waals surface area contributed by atoms with Gasteiger partial charge in [0.1, 0.15) is 17.7 Å². The molecule has 14 heteroatoms. The number of halogens is 5. The van der Waals surface area contributed by atoms with Crippen LogP contribution in [0.3, 0.4) is 0 Å². The maximum Gasteiger partial charge on any atom is 0.451 e. The molecule has 1 aliphatic carbocycles. The lowest BCUT2D eigenvalue weighted by Crippen LogP contribution is -2.50. The Bertz CT molecular complexity index is 1600. The van der Waals surface area contributed by atoms with Crippen LogP contribution in [0, 0.1) is 28.9 Å². The third-order valence-corrected chi connectivity index (χ3v) is 9.16. The average Bonchev–Trinajstić information content (AvgIpc) is 3.62. The normalized spacial score (nSPS) is 20.3. The van der Waals surface area contributed by atoms with Gasteiger partial charge in [0, 0.05) is 30.1 Å². The molecule has 1 spiro atoms. The summed E-state index contributed by atoms with van der Waals surface area (Å²) in [6.45, 7) is -0.370. The van der Waals surface area contributed by atoms with Gasteiger partial charge in [-0.05, 0) is 61.2 Å². The van der Waals surface area contributed by atoms with Crippen molar-refractivity contribution in [2.75, 3.05) is 0 Å². The molecule has 40 heavy (non-hydrogen) atoms. The Labute approximate surface area is 225 Å². The van der Waals surface area contributed by atoms with Crippen LogP contribution in [0.4, 0.5) is 22.0 Å². The number of nitrogens with one attached hydrogen (secondary N) is 1. The van der Waals surface area contributed by atoms with Gasteiger partial charge in [-0.2, -0.15) is 22.7 Å². The number of nitrogens with zero attached hydrogens (tertiary/aromatic N) is 4. The zero-order valence-corrected chi connectivity index (χ0v) is 21.3. The Hall–Kier alpha value is -3.96. The molecule has 1 aliphatic heterocycles. The fourth-order valence-electron chi connectivity index (χ4n) is 5.03. The molecule has 2 aromatic carbocycles. The predicted molar refractivity (Wildman–Crippen MR) is 129 cm³/mol. The van der Waals surface area contributed by atoms with E-state index in [1.807, 2.05) is 0 Å². The molecule has 5 rings (SSSR count). The maximum atomic E-state index is 14.6. The number of amides is 1. The van der Waals surface area contributed by atoms with Crippen molar-refractivity contribution in [2.45, 2.75) is 48.5 Å². The first-order valence-corrected chi connectivity index (χ1v) is 13.5. The molecule has 1 amide bonds. The number of carbonyl (C=O) groups is 1. The Morgan fingerprint density at radius 3 is 2.30 bits per heavy atom. The van der Waals surface area contributed by atoms with Crippen LogP contribution in [0.1, 0.15) is 30.7 Å². The quantitative estimate of drug-likeness (QED) is 0.440. The molecule has 1 saturated heterocycles. The second-order valence-electron chi connectivity index (χ2n) is 9.61. The number of hydrogen-bond donors (Lipinski definition) is 1. The first-order valence-electron chi connectivity index (χ1n) is 12.0. The second-order valence-corrected chi connectivity index (χ2v) is 11.4. The molecule has 0 radical (unpaired) electrons. The summed E-state index contributed by atoms with van der Waals surface area (Å²) in [5.41, 5.74) is -0.602. The highest BCUT2D eigenvalue weighted by molar-refractivity contribution is 7.89. The predicted octanol–water partition coefficient (Wildman–Crippen LogP) is 4.19. The largest absolute Gasteiger partial charge is 0.451 e. The number of aromatic nitrogens is 2. The molecule has 1 N–H and O–H groups in total. The summed E-state index contributed by atoms with van der Waals surface area (Å²) < 4.78 is 94.5. The maximum absolute atomic E-state index is 14.6. The van der Waals surface area contributed by atoms with Crippen LogP contribution in [0.5, 0.6) is 0 Å². The van der Waals surface area contributed by atoms with Gasteiger partial charge in [0.25, 0.3) is 0 Å². The molecule has 0 unspecified atom stereocenters. The van der Waals surface area contributed by atoms with E-state index in [0.717, 1.165) is 47.0 Å². The summed E-state index contributed by atoms with van der Waals surface area (Å²) in [6.07, 6.45) is -2.16. The first-order chi connectivity index (χ1) is 18.9. The summed E-state index contributed by atoms with van der Waals surface area (Å²) in [6, 6.07) is 8.66. The summed E-state index contributed by atoms with van der Waals surface area (Å²) in [4.78, 5) is 19.7. The molecule has 2 heterocycles. The minimum atomic E-state index is -4.72. The van der Waals surface area contributed by atoms with Crippen molar-refractivity contribution >= 4 is 15.9 Å². The van der Waals surface area contributed by atoms with Crippen molar-refractivity contribution < 1.29 is 35.2 Å². The van der Waals surface area contributed by atoms with E-state index in [4.69, 9.17) is 0 Å². The standard InChI is InChI=1S/C26H20F5N5O3S/c27-19-2-4-20(5-3-19)40(38,39)36-22(10-18(11-32)25(36)7-8-25)23(37)33-12-16-9-15(1-6-21(16)28)17-13-34-24(35-14-17)26(29,30)31/h1-6,9,13-14,18,22H,7-8,10,12H2,(H,33,37)/t18-,22-/m0/s1. The lowest BCUT2D eigenvalue weighted by atomic mass is 9.99. The lowest BCUT2D eigenvalue weighted by molar-refractivity contribution is -0.145. The van der Waals surface area contributed by atoms with E-state index in [1.165, 1.54) is 12.1 Å². The van der Waals surface area contributed by atoms with Gasteiger partial charge in [0.05, 0.1) is 22.4 Å². The van der Waals surface area contributed by atoms with Crippen LogP contribution < -0.4 is 5.32 Å². The van der Waals surface area contributed by atoms with Crippen LogP contribution in [-0.4, -0.2) is 40.2 Å². The van der Waals surface area contributed by atoms with Crippen LogP contribution in [0.25, 0.3) is 11.1 Å². The van der Waals surface area contributed by atoms with Gasteiger partial charge >= 0.3 is 6.18 Å². The minimum absolute atomic E-state index is 0.0188. The van der Waals surface area contributed by atoms with E-state index in [-0.39, 0.29) is 29.0 Å². The zero-order valence-electron chi connectivity index (χ0n) is 20.5. The highest BCUT2D eigenvalue weighted by Gasteiger charge is 2.66. The van der Waals surface area contributed by atoms with Crippen molar-refractivity contribution in [1.82, 2.24) is 19.6 Å². The van der Waals surface area contributed by atoms with Gasteiger partial charge in [0.15, 0.2) is 0 Å². The summed E-state index contributed by atoms with van der Waals surface area (Å²) >= 11 is 0. The van der Waals surface area contributed by atoms with Crippen LogP contribution in [-0.2, 0) is 27.5 Å². The Balaban J connectivity index is 1.38. The van der Waals surface area contributed by atoms with Gasteiger partial charge < -0.3 is 5.32 Å². The number of sulfonamides is 1. The topological polar surface area (TPSA) is 116 Å². The van der Waals surface area contributed by atoms with Crippen LogP contribution in [0.15, 0.2) is 59.8 Å². The van der Waals surface area contributed by atoms with E-state index in [0.29, 0.717) is 18.4 Å². The first kappa shape index (κ1) is 27.6. The number of hydrogen-bond acceptors (Lipinski definition) is 6. The van der Waals surface area contributed by atoms with Gasteiger partial charge in [-0.25, -0.2) is 27.2 Å². The molecule has 8 nitrogen and oxygen atoms in total. The molecule has 0 bridgehead atoms. The van der Waals surface area contributed by atoms with Gasteiger partial charge in [-0.15, -0.1) is 0 Å². The number of alkyl halides is 3. The highest BCUT2D eigenvalue weighted by Crippen LogP contribution is 2.57. The van der Waals surface area contributed by atoms with Crippen molar-refractivity contribution in [2.24, 2.45) is 5.92 Å². The fraction of sp³-hybridized carbons (Fsp3) is 0.308.